The van der Waals surface area contributed by atoms with Crippen LogP contribution in [0.1, 0.15) is 18.0 Å². The predicted octanol–water partition coefficient (Wildman–Crippen LogP) is 1.67. The smallest absolute Gasteiger partial charge is 0.0449 e. The van der Waals surface area contributed by atoms with Crippen molar-refractivity contribution in [2.24, 2.45) is 5.73 Å². The van der Waals surface area contributed by atoms with Crippen molar-refractivity contribution in [3.63, 3.8) is 0 Å². The van der Waals surface area contributed by atoms with Gasteiger partial charge >= 0.3 is 0 Å². The molecule has 1 rings (SSSR count). The predicted molar refractivity (Wildman–Crippen MR) is 57.8 cm³/mol. The van der Waals surface area contributed by atoms with E-state index in [1.165, 1.54) is 0 Å². The van der Waals surface area contributed by atoms with Crippen molar-refractivity contribution in [1.29, 1.82) is 0 Å². The van der Waals surface area contributed by atoms with Gasteiger partial charge in [0.25, 0.3) is 0 Å². The molecule has 0 fully saturated rings. The van der Waals surface area contributed by atoms with E-state index in [9.17, 15) is 0 Å². The first kappa shape index (κ1) is 9.95. The summed E-state index contributed by atoms with van der Waals surface area (Å²) in [4.78, 5) is 0. The molecule has 0 heterocycles. The number of benzene rings is 1. The fourth-order valence-corrected chi connectivity index (χ4v) is 1.86. The standard InChI is InChI=1S/C9H12INO/c10-8-4-2-1-3-7(8)9(11)5-6-12/h1-4,9,12H,5-6,11H2/t9-/m0/s1. The summed E-state index contributed by atoms with van der Waals surface area (Å²) < 4.78 is 1.16. The van der Waals surface area contributed by atoms with Gasteiger partial charge in [-0.2, -0.15) is 0 Å². The molecule has 0 radical (unpaired) electrons. The number of nitrogens with two attached hydrogens (primary N) is 1. The minimum atomic E-state index is -0.0388. The fourth-order valence-electron chi connectivity index (χ4n) is 1.07. The van der Waals surface area contributed by atoms with Crippen LogP contribution in [0.25, 0.3) is 0 Å². The Morgan fingerprint density at radius 1 is 1.42 bits per heavy atom. The third-order valence-electron chi connectivity index (χ3n) is 1.74. The Balaban J connectivity index is 2.79. The van der Waals surface area contributed by atoms with Crippen molar-refractivity contribution >= 4 is 22.6 Å². The molecule has 12 heavy (non-hydrogen) atoms. The van der Waals surface area contributed by atoms with Crippen LogP contribution in [0.3, 0.4) is 0 Å². The van der Waals surface area contributed by atoms with Crippen molar-refractivity contribution in [3.05, 3.63) is 33.4 Å². The van der Waals surface area contributed by atoms with Crippen LogP contribution < -0.4 is 5.73 Å². The topological polar surface area (TPSA) is 46.2 Å². The van der Waals surface area contributed by atoms with Crippen LogP contribution in [-0.4, -0.2) is 11.7 Å². The van der Waals surface area contributed by atoms with E-state index >= 15 is 0 Å². The summed E-state index contributed by atoms with van der Waals surface area (Å²) in [7, 11) is 0. The average molecular weight is 277 g/mol. The second-order valence-corrected chi connectivity index (χ2v) is 3.80. The molecule has 0 spiro atoms. The highest BCUT2D eigenvalue weighted by Gasteiger charge is 2.07. The lowest BCUT2D eigenvalue weighted by molar-refractivity contribution is 0.276. The van der Waals surface area contributed by atoms with E-state index in [1.54, 1.807) is 0 Å². The van der Waals surface area contributed by atoms with Gasteiger partial charge in [0.2, 0.25) is 0 Å². The Morgan fingerprint density at radius 3 is 2.67 bits per heavy atom. The number of rotatable bonds is 3. The number of aliphatic hydroxyl groups excluding tert-OH is 1. The lowest BCUT2D eigenvalue weighted by Gasteiger charge is -2.11. The zero-order chi connectivity index (χ0) is 8.97. The summed E-state index contributed by atoms with van der Waals surface area (Å²) >= 11 is 2.25. The van der Waals surface area contributed by atoms with Crippen LogP contribution in [0.2, 0.25) is 0 Å². The zero-order valence-corrected chi connectivity index (χ0v) is 8.86. The van der Waals surface area contributed by atoms with E-state index in [0.717, 1.165) is 9.13 Å². The van der Waals surface area contributed by atoms with E-state index in [-0.39, 0.29) is 12.6 Å². The summed E-state index contributed by atoms with van der Waals surface area (Å²) in [6.45, 7) is 0.145. The maximum Gasteiger partial charge on any atom is 0.0449 e. The summed E-state index contributed by atoms with van der Waals surface area (Å²) in [5, 5.41) is 8.71. The number of hydrogen-bond acceptors (Lipinski definition) is 2. The Kier molecular flexibility index (Phi) is 3.97. The highest BCUT2D eigenvalue weighted by molar-refractivity contribution is 14.1. The Morgan fingerprint density at radius 2 is 2.08 bits per heavy atom. The molecule has 0 aromatic heterocycles. The van der Waals surface area contributed by atoms with Gasteiger partial charge < -0.3 is 10.8 Å². The molecule has 0 aliphatic heterocycles. The highest BCUT2D eigenvalue weighted by atomic mass is 127. The SMILES string of the molecule is N[C@@H](CCO)c1ccccc1I. The third-order valence-corrected chi connectivity index (χ3v) is 2.73. The molecule has 3 heteroatoms. The summed E-state index contributed by atoms with van der Waals surface area (Å²) in [5.74, 6) is 0. The van der Waals surface area contributed by atoms with Gasteiger partial charge in [0.05, 0.1) is 0 Å². The van der Waals surface area contributed by atoms with Crippen LogP contribution in [0.15, 0.2) is 24.3 Å². The minimum Gasteiger partial charge on any atom is -0.396 e. The Labute approximate surface area is 85.9 Å². The molecular formula is C9H12INO. The number of aliphatic hydroxyl groups is 1. The molecule has 1 aromatic carbocycles. The zero-order valence-electron chi connectivity index (χ0n) is 6.70. The first-order valence-corrected chi connectivity index (χ1v) is 4.94. The quantitative estimate of drug-likeness (QED) is 0.826. The first-order chi connectivity index (χ1) is 5.75. The normalized spacial score (nSPS) is 12.9. The summed E-state index contributed by atoms with van der Waals surface area (Å²) in [5.41, 5.74) is 6.96. The maximum atomic E-state index is 8.71. The second kappa shape index (κ2) is 4.79. The van der Waals surface area contributed by atoms with E-state index in [0.29, 0.717) is 6.42 Å². The average Bonchev–Trinajstić information content (AvgIpc) is 2.05. The molecule has 0 unspecified atom stereocenters. The molecule has 2 nitrogen and oxygen atoms in total. The van der Waals surface area contributed by atoms with Crippen molar-refractivity contribution in [3.8, 4) is 0 Å². The van der Waals surface area contributed by atoms with Gasteiger partial charge in [-0.25, -0.2) is 0 Å². The van der Waals surface area contributed by atoms with E-state index in [4.69, 9.17) is 10.8 Å². The number of halogens is 1. The Bertz CT molecular complexity index is 252. The van der Waals surface area contributed by atoms with Gasteiger partial charge in [-0.3, -0.25) is 0 Å². The third kappa shape index (κ3) is 2.43. The maximum absolute atomic E-state index is 8.71. The van der Waals surface area contributed by atoms with E-state index in [2.05, 4.69) is 22.6 Å². The molecular weight excluding hydrogens is 265 g/mol. The van der Waals surface area contributed by atoms with Crippen LogP contribution in [0.5, 0.6) is 0 Å². The van der Waals surface area contributed by atoms with Gasteiger partial charge in [0.15, 0.2) is 0 Å². The van der Waals surface area contributed by atoms with Crippen LogP contribution in [0.4, 0.5) is 0 Å². The van der Waals surface area contributed by atoms with Gasteiger partial charge in [-0.1, -0.05) is 18.2 Å². The minimum absolute atomic E-state index is 0.0388. The molecule has 0 aliphatic carbocycles. The van der Waals surface area contributed by atoms with Crippen molar-refractivity contribution in [2.45, 2.75) is 12.5 Å². The van der Waals surface area contributed by atoms with Gasteiger partial charge in [-0.15, -0.1) is 0 Å². The lowest BCUT2D eigenvalue weighted by Crippen LogP contribution is -2.13. The van der Waals surface area contributed by atoms with Crippen LogP contribution in [0, 0.1) is 3.57 Å². The second-order valence-electron chi connectivity index (χ2n) is 2.64. The molecule has 0 saturated carbocycles. The van der Waals surface area contributed by atoms with E-state index in [1.807, 2.05) is 24.3 Å². The molecule has 0 amide bonds. The van der Waals surface area contributed by atoms with Crippen LogP contribution in [-0.2, 0) is 0 Å². The van der Waals surface area contributed by atoms with E-state index < -0.39 is 0 Å². The van der Waals surface area contributed by atoms with Gasteiger partial charge in [-0.05, 0) is 40.6 Å². The molecule has 1 atom stereocenters. The molecule has 0 saturated heterocycles. The molecule has 66 valence electrons. The Hall–Kier alpha value is -0.130. The van der Waals surface area contributed by atoms with Gasteiger partial charge in [0.1, 0.15) is 0 Å². The summed E-state index contributed by atoms with van der Waals surface area (Å²) in [6.07, 6.45) is 0.625. The van der Waals surface area contributed by atoms with Crippen LogP contribution >= 0.6 is 22.6 Å². The van der Waals surface area contributed by atoms with Crippen molar-refractivity contribution < 1.29 is 5.11 Å². The molecule has 1 aromatic rings. The monoisotopic (exact) mass is 277 g/mol. The first-order valence-electron chi connectivity index (χ1n) is 3.86. The summed E-state index contributed by atoms with van der Waals surface area (Å²) in [6, 6.07) is 7.93. The highest BCUT2D eigenvalue weighted by Crippen LogP contribution is 2.19. The largest absolute Gasteiger partial charge is 0.396 e. The molecule has 3 N–H and O–H groups in total. The lowest BCUT2D eigenvalue weighted by atomic mass is 10.1. The fraction of sp³-hybridized carbons (Fsp3) is 0.333. The number of hydrogen-bond donors (Lipinski definition) is 2. The molecule has 0 aliphatic rings. The molecule has 0 bridgehead atoms. The van der Waals surface area contributed by atoms with Crippen molar-refractivity contribution in [2.75, 3.05) is 6.61 Å². The van der Waals surface area contributed by atoms with Crippen molar-refractivity contribution in [1.82, 2.24) is 0 Å². The van der Waals surface area contributed by atoms with Gasteiger partial charge in [0, 0.05) is 16.2 Å².